The van der Waals surface area contributed by atoms with E-state index in [9.17, 15) is 31.9 Å². The lowest BCUT2D eigenvalue weighted by Gasteiger charge is -2.40. The van der Waals surface area contributed by atoms with Crippen molar-refractivity contribution in [1.82, 2.24) is 20.9 Å². The lowest BCUT2D eigenvalue weighted by Crippen LogP contribution is -2.63. The summed E-state index contributed by atoms with van der Waals surface area (Å²) in [6.45, 7) is 2.67. The van der Waals surface area contributed by atoms with Crippen LogP contribution in [0.3, 0.4) is 0 Å². The minimum Gasteiger partial charge on any atom is -0.465 e. The highest BCUT2D eigenvalue weighted by Crippen LogP contribution is 2.32. The molecule has 34 heavy (non-hydrogen) atoms. The van der Waals surface area contributed by atoms with Crippen molar-refractivity contribution in [3.63, 3.8) is 0 Å². The van der Waals surface area contributed by atoms with Crippen molar-refractivity contribution in [2.45, 2.75) is 43.8 Å². The maximum atomic E-state index is 13.5. The first-order valence-corrected chi connectivity index (χ1v) is 11.2. The Morgan fingerprint density at radius 2 is 1.76 bits per heavy atom. The summed E-state index contributed by atoms with van der Waals surface area (Å²) in [6.07, 6.45) is -2.71. The van der Waals surface area contributed by atoms with E-state index in [1.54, 1.807) is 0 Å². The summed E-state index contributed by atoms with van der Waals surface area (Å²) in [5.41, 5.74) is -2.61. The molecule has 1 aromatic rings. The largest absolute Gasteiger partial charge is 0.465 e. The Morgan fingerprint density at radius 1 is 1.09 bits per heavy atom. The van der Waals surface area contributed by atoms with Crippen molar-refractivity contribution in [2.75, 3.05) is 32.7 Å². The highest BCUT2D eigenvalue weighted by Gasteiger charge is 2.45. The Kier molecular flexibility index (Phi) is 8.01. The zero-order chi connectivity index (χ0) is 24.9. The Hall–Kier alpha value is -2.89. The summed E-state index contributed by atoms with van der Waals surface area (Å²) in [4.78, 5) is 37.6. The number of hydrogen-bond donors (Lipinski definition) is 4. The van der Waals surface area contributed by atoms with Gasteiger partial charge in [-0.05, 0) is 69.3 Å². The lowest BCUT2D eigenvalue weighted by molar-refractivity contribution is -0.137. The number of hydrogen-bond acceptors (Lipinski definition) is 4. The number of likely N-dealkylation sites (tertiary alicyclic amines) is 1. The second-order valence-electron chi connectivity index (χ2n) is 8.84. The first kappa shape index (κ1) is 25.7. The third-order valence-corrected chi connectivity index (χ3v) is 6.45. The van der Waals surface area contributed by atoms with Crippen LogP contribution in [0, 0.1) is 11.7 Å². The molecule has 1 saturated carbocycles. The summed E-state index contributed by atoms with van der Waals surface area (Å²) in [5, 5.41) is 16.6. The molecule has 0 bridgehead atoms. The van der Waals surface area contributed by atoms with Gasteiger partial charge < -0.3 is 26.0 Å². The molecule has 1 aliphatic carbocycles. The average Bonchev–Trinajstić information content (AvgIpc) is 2.74. The summed E-state index contributed by atoms with van der Waals surface area (Å²) in [6, 6.07) is 1.76. The van der Waals surface area contributed by atoms with E-state index in [4.69, 9.17) is 5.11 Å². The van der Waals surface area contributed by atoms with Crippen LogP contribution in [-0.2, 0) is 11.0 Å². The highest BCUT2D eigenvalue weighted by molar-refractivity contribution is 5.94. The molecule has 3 amide bonds. The van der Waals surface area contributed by atoms with Crippen LogP contribution in [0.15, 0.2) is 18.2 Å². The molecule has 1 aromatic carbocycles. The number of alkyl halides is 3. The zero-order valence-electron chi connectivity index (χ0n) is 18.5. The average molecular weight is 488 g/mol. The molecule has 1 saturated heterocycles. The molecule has 2 aliphatic rings. The van der Waals surface area contributed by atoms with Gasteiger partial charge in [0, 0.05) is 25.2 Å². The summed E-state index contributed by atoms with van der Waals surface area (Å²) in [7, 11) is 0. The van der Waals surface area contributed by atoms with Gasteiger partial charge in [0.15, 0.2) is 0 Å². The van der Waals surface area contributed by atoms with Gasteiger partial charge in [0.2, 0.25) is 5.91 Å². The van der Waals surface area contributed by atoms with Crippen molar-refractivity contribution >= 4 is 17.9 Å². The quantitative estimate of drug-likeness (QED) is 0.421. The van der Waals surface area contributed by atoms with Crippen LogP contribution in [0.25, 0.3) is 0 Å². The van der Waals surface area contributed by atoms with Crippen molar-refractivity contribution in [3.05, 3.63) is 35.1 Å². The molecule has 0 atom stereocenters. The Labute approximate surface area is 194 Å². The van der Waals surface area contributed by atoms with Crippen LogP contribution >= 0.6 is 0 Å². The molecule has 0 aromatic heterocycles. The van der Waals surface area contributed by atoms with Crippen molar-refractivity contribution in [1.29, 1.82) is 0 Å². The second-order valence-corrected chi connectivity index (χ2v) is 8.84. The standard InChI is InChI=1S/C22H28F4N4O4/c23-17-11-15(10-16(12-17)22(24,25)26)18(31)28-13-14-2-7-30(8-3-14)9-6-27-19(32)21(4-1-5-21)29-20(33)34/h10-12,14,29H,1-9,13H2,(H,27,32)(H,28,31)(H,33,34). The number of carbonyl (C=O) groups excluding carboxylic acids is 2. The van der Waals surface area contributed by atoms with E-state index in [2.05, 4.69) is 20.9 Å². The zero-order valence-corrected chi connectivity index (χ0v) is 18.5. The molecule has 12 heteroatoms. The summed E-state index contributed by atoms with van der Waals surface area (Å²) in [5.74, 6) is -2.06. The number of piperidine rings is 1. The number of amides is 3. The third-order valence-electron chi connectivity index (χ3n) is 6.45. The fraction of sp³-hybridized carbons (Fsp3) is 0.591. The molecular weight excluding hydrogens is 460 g/mol. The molecule has 0 radical (unpaired) electrons. The van der Waals surface area contributed by atoms with Crippen molar-refractivity contribution in [3.8, 4) is 0 Å². The number of carbonyl (C=O) groups is 3. The van der Waals surface area contributed by atoms with Crippen LogP contribution in [-0.4, -0.2) is 66.2 Å². The monoisotopic (exact) mass is 488 g/mol. The van der Waals surface area contributed by atoms with Gasteiger partial charge in [0.05, 0.1) is 5.56 Å². The molecule has 8 nitrogen and oxygen atoms in total. The molecule has 0 spiro atoms. The maximum Gasteiger partial charge on any atom is 0.416 e. The van der Waals surface area contributed by atoms with Crippen LogP contribution in [0.4, 0.5) is 22.4 Å². The van der Waals surface area contributed by atoms with E-state index >= 15 is 0 Å². The van der Waals surface area contributed by atoms with Crippen LogP contribution in [0.1, 0.15) is 48.0 Å². The SMILES string of the molecule is O=C(O)NC1(C(=O)NCCN2CCC(CNC(=O)c3cc(F)cc(C(F)(F)F)c3)CC2)CCC1. The van der Waals surface area contributed by atoms with Gasteiger partial charge in [0.25, 0.3) is 5.91 Å². The minimum atomic E-state index is -4.74. The Bertz CT molecular complexity index is 913. The van der Waals surface area contributed by atoms with Crippen LogP contribution in [0.2, 0.25) is 0 Å². The number of nitrogens with one attached hydrogen (secondary N) is 3. The predicted molar refractivity (Wildman–Crippen MR) is 114 cm³/mol. The number of benzene rings is 1. The molecule has 4 N–H and O–H groups in total. The second kappa shape index (κ2) is 10.6. The van der Waals surface area contributed by atoms with E-state index in [1.807, 2.05) is 0 Å². The number of nitrogens with zero attached hydrogens (tertiary/aromatic N) is 1. The van der Waals surface area contributed by atoms with Gasteiger partial charge in [-0.3, -0.25) is 9.59 Å². The highest BCUT2D eigenvalue weighted by atomic mass is 19.4. The van der Waals surface area contributed by atoms with E-state index in [0.29, 0.717) is 51.2 Å². The molecule has 2 fully saturated rings. The van der Waals surface area contributed by atoms with Gasteiger partial charge in [-0.1, -0.05) is 0 Å². The molecule has 0 unspecified atom stereocenters. The van der Waals surface area contributed by atoms with Gasteiger partial charge in [-0.2, -0.15) is 13.2 Å². The molecule has 188 valence electrons. The molecule has 3 rings (SSSR count). The molecular formula is C22H28F4N4O4. The Balaban J connectivity index is 1.38. The van der Waals surface area contributed by atoms with Crippen molar-refractivity contribution in [2.24, 2.45) is 5.92 Å². The normalized spacial score (nSPS) is 18.6. The fourth-order valence-electron chi connectivity index (χ4n) is 4.28. The Morgan fingerprint density at radius 3 is 2.32 bits per heavy atom. The van der Waals surface area contributed by atoms with Crippen molar-refractivity contribution < 1.29 is 37.1 Å². The van der Waals surface area contributed by atoms with Gasteiger partial charge in [-0.15, -0.1) is 0 Å². The molecule has 1 heterocycles. The molecule has 1 aliphatic heterocycles. The van der Waals surface area contributed by atoms with Crippen LogP contribution < -0.4 is 16.0 Å². The number of rotatable bonds is 8. The fourth-order valence-corrected chi connectivity index (χ4v) is 4.28. The minimum absolute atomic E-state index is 0.128. The summed E-state index contributed by atoms with van der Waals surface area (Å²) >= 11 is 0. The topological polar surface area (TPSA) is 111 Å². The number of halogens is 4. The first-order valence-electron chi connectivity index (χ1n) is 11.2. The smallest absolute Gasteiger partial charge is 0.416 e. The lowest BCUT2D eigenvalue weighted by atomic mass is 9.76. The third kappa shape index (κ3) is 6.58. The first-order chi connectivity index (χ1) is 16.0. The van der Waals surface area contributed by atoms with Gasteiger partial charge in [0.1, 0.15) is 11.4 Å². The summed E-state index contributed by atoms with van der Waals surface area (Å²) < 4.78 is 52.0. The van der Waals surface area contributed by atoms with E-state index in [0.717, 1.165) is 25.3 Å². The van der Waals surface area contributed by atoms with Gasteiger partial charge >= 0.3 is 12.3 Å². The predicted octanol–water partition coefficient (Wildman–Crippen LogP) is 2.59. The van der Waals surface area contributed by atoms with E-state index in [1.165, 1.54) is 0 Å². The van der Waals surface area contributed by atoms with E-state index < -0.39 is 35.1 Å². The maximum absolute atomic E-state index is 13.5. The van der Waals surface area contributed by atoms with Gasteiger partial charge in [-0.25, -0.2) is 9.18 Å². The number of carboxylic acid groups (broad SMARTS) is 1. The van der Waals surface area contributed by atoms with E-state index in [-0.39, 0.29) is 23.9 Å². The van der Waals surface area contributed by atoms with Crippen LogP contribution in [0.5, 0.6) is 0 Å².